The van der Waals surface area contributed by atoms with Gasteiger partial charge in [-0.05, 0) is 56.4 Å². The van der Waals surface area contributed by atoms with Gasteiger partial charge < -0.3 is 24.7 Å². The van der Waals surface area contributed by atoms with Gasteiger partial charge in [-0.1, -0.05) is 53.7 Å². The van der Waals surface area contributed by atoms with Gasteiger partial charge in [-0.25, -0.2) is 9.59 Å². The van der Waals surface area contributed by atoms with Crippen LogP contribution in [-0.2, 0) is 23.9 Å². The van der Waals surface area contributed by atoms with Gasteiger partial charge in [0.15, 0.2) is 0 Å². The van der Waals surface area contributed by atoms with Crippen molar-refractivity contribution in [3.8, 4) is 11.1 Å². The predicted molar refractivity (Wildman–Crippen MR) is 136 cm³/mol. The maximum absolute atomic E-state index is 12.9. The molecule has 0 saturated heterocycles. The van der Waals surface area contributed by atoms with E-state index in [4.69, 9.17) is 14.3 Å². The van der Waals surface area contributed by atoms with E-state index in [1.54, 1.807) is 20.8 Å². The van der Waals surface area contributed by atoms with E-state index < -0.39 is 35.3 Å². The Morgan fingerprint density at radius 3 is 2.24 bits per heavy atom. The van der Waals surface area contributed by atoms with E-state index in [0.717, 1.165) is 22.3 Å². The first-order valence-electron chi connectivity index (χ1n) is 12.3. The third kappa shape index (κ3) is 5.93. The summed E-state index contributed by atoms with van der Waals surface area (Å²) in [4.78, 5) is 42.0. The molecule has 1 aliphatic carbocycles. The molecule has 1 amide bonds. The first-order chi connectivity index (χ1) is 17.5. The van der Waals surface area contributed by atoms with Gasteiger partial charge in [-0.15, -0.1) is 0 Å². The summed E-state index contributed by atoms with van der Waals surface area (Å²) in [6.07, 6.45) is -0.584. The van der Waals surface area contributed by atoms with Gasteiger partial charge in [-0.2, -0.15) is 0 Å². The lowest BCUT2D eigenvalue weighted by Gasteiger charge is -2.22. The minimum Gasteiger partial charge on any atom is -0.478 e. The monoisotopic (exact) mass is 508 g/mol. The fraction of sp³-hybridized carbons (Fsp3) is 0.429. The average Bonchev–Trinajstić information content (AvgIpc) is 3.39. The second kappa shape index (κ2) is 10.2. The molecule has 0 radical (unpaired) electrons. The highest BCUT2D eigenvalue weighted by Gasteiger charge is 2.44. The Kier molecular flexibility index (Phi) is 7.25. The van der Waals surface area contributed by atoms with Gasteiger partial charge in [0.2, 0.25) is 5.60 Å². The normalized spacial score (nSPS) is 19.2. The van der Waals surface area contributed by atoms with Crippen LogP contribution in [0.4, 0.5) is 4.79 Å². The first kappa shape index (κ1) is 26.2. The second-order valence-electron chi connectivity index (χ2n) is 10.5. The highest BCUT2D eigenvalue weighted by molar-refractivity contribution is 5.97. The molecular weight excluding hydrogens is 476 g/mol. The Labute approximate surface area is 215 Å². The van der Waals surface area contributed by atoms with E-state index in [0.29, 0.717) is 5.71 Å². The number of fused-ring (bicyclic) bond motifs is 3. The summed E-state index contributed by atoms with van der Waals surface area (Å²) in [5.41, 5.74) is 2.54. The number of benzene rings is 2. The molecule has 0 aromatic heterocycles. The lowest BCUT2D eigenvalue weighted by Crippen LogP contribution is -2.44. The largest absolute Gasteiger partial charge is 0.478 e. The minimum atomic E-state index is -1.54. The number of hydrogen-bond donors (Lipinski definition) is 2. The van der Waals surface area contributed by atoms with E-state index in [9.17, 15) is 19.5 Å². The molecule has 2 aromatic rings. The number of aliphatic carboxylic acids is 1. The standard InChI is InChI=1S/C28H32N2O7/c1-27(2,3)36-24(31)14-13-22(23-15-28(4,25(32)33)37-30-23)29-26(34)35-16-21-19-11-7-5-9-17(19)18-10-6-8-12-20(18)21/h5-12,21-22H,13-16H2,1-4H3,(H,29,34)(H,32,33)/t22-,28?/m0/s1. The quantitative estimate of drug-likeness (QED) is 0.498. The molecule has 9 heteroatoms. The number of nitrogens with one attached hydrogen (secondary N) is 1. The van der Waals surface area contributed by atoms with Crippen LogP contribution in [0.15, 0.2) is 53.7 Å². The predicted octanol–water partition coefficient (Wildman–Crippen LogP) is 4.64. The SMILES string of the molecule is CC(C)(C)OC(=O)CC[C@H](NC(=O)OCC1c2ccccc2-c2ccccc21)C1=NOC(C)(C(=O)O)C1. The molecule has 0 spiro atoms. The number of carbonyl (C=O) groups is 3. The summed E-state index contributed by atoms with van der Waals surface area (Å²) in [5.74, 6) is -1.72. The zero-order valence-electron chi connectivity index (χ0n) is 21.4. The Bertz CT molecular complexity index is 1190. The molecule has 0 saturated carbocycles. The van der Waals surface area contributed by atoms with E-state index in [-0.39, 0.29) is 31.8 Å². The molecule has 2 aliphatic rings. The van der Waals surface area contributed by atoms with E-state index in [1.165, 1.54) is 6.92 Å². The van der Waals surface area contributed by atoms with Crippen LogP contribution >= 0.6 is 0 Å². The highest BCUT2D eigenvalue weighted by Crippen LogP contribution is 2.44. The van der Waals surface area contributed by atoms with Crippen LogP contribution in [0.2, 0.25) is 0 Å². The van der Waals surface area contributed by atoms with Crippen molar-refractivity contribution in [1.29, 1.82) is 0 Å². The van der Waals surface area contributed by atoms with Crippen LogP contribution < -0.4 is 5.32 Å². The van der Waals surface area contributed by atoms with Crippen LogP contribution in [0.25, 0.3) is 11.1 Å². The molecule has 4 rings (SSSR count). The van der Waals surface area contributed by atoms with Crippen LogP contribution in [0.3, 0.4) is 0 Å². The smallest absolute Gasteiger partial charge is 0.407 e. The lowest BCUT2D eigenvalue weighted by molar-refractivity contribution is -0.160. The number of oxime groups is 1. The molecule has 1 unspecified atom stereocenters. The van der Waals surface area contributed by atoms with Crippen molar-refractivity contribution in [1.82, 2.24) is 5.32 Å². The molecule has 37 heavy (non-hydrogen) atoms. The number of ether oxygens (including phenoxy) is 2. The third-order valence-corrected chi connectivity index (χ3v) is 6.43. The number of carboxylic acid groups (broad SMARTS) is 1. The maximum atomic E-state index is 12.9. The van der Waals surface area contributed by atoms with Crippen molar-refractivity contribution in [2.75, 3.05) is 6.61 Å². The topological polar surface area (TPSA) is 124 Å². The van der Waals surface area contributed by atoms with Crippen molar-refractivity contribution in [2.45, 2.75) is 70.1 Å². The van der Waals surface area contributed by atoms with Gasteiger partial charge in [0.05, 0.1) is 11.8 Å². The van der Waals surface area contributed by atoms with Crippen LogP contribution in [0.5, 0.6) is 0 Å². The van der Waals surface area contributed by atoms with Gasteiger partial charge in [0.25, 0.3) is 0 Å². The molecule has 0 bridgehead atoms. The Morgan fingerprint density at radius 1 is 1.11 bits per heavy atom. The molecular formula is C28H32N2O7. The van der Waals surface area contributed by atoms with E-state index >= 15 is 0 Å². The van der Waals surface area contributed by atoms with Crippen LogP contribution in [-0.4, -0.2) is 52.7 Å². The van der Waals surface area contributed by atoms with Crippen molar-refractivity contribution in [2.24, 2.45) is 5.16 Å². The summed E-state index contributed by atoms with van der Waals surface area (Å²) < 4.78 is 11.0. The number of carboxylic acids is 1. The summed E-state index contributed by atoms with van der Waals surface area (Å²) in [6.45, 7) is 6.83. The van der Waals surface area contributed by atoms with Crippen molar-refractivity contribution < 1.29 is 33.8 Å². The number of rotatable bonds is 8. The molecule has 9 nitrogen and oxygen atoms in total. The minimum absolute atomic E-state index is 0.00556. The Balaban J connectivity index is 1.44. The molecule has 1 aliphatic heterocycles. The fourth-order valence-corrected chi connectivity index (χ4v) is 4.63. The van der Waals surface area contributed by atoms with Gasteiger partial charge in [0, 0.05) is 18.8 Å². The number of hydrogen-bond acceptors (Lipinski definition) is 7. The third-order valence-electron chi connectivity index (χ3n) is 6.43. The maximum Gasteiger partial charge on any atom is 0.407 e. The molecule has 0 fully saturated rings. The fourth-order valence-electron chi connectivity index (χ4n) is 4.63. The number of esters is 1. The van der Waals surface area contributed by atoms with Gasteiger partial charge in [-0.3, -0.25) is 4.79 Å². The average molecular weight is 509 g/mol. The number of carbonyl (C=O) groups excluding carboxylic acids is 2. The summed E-state index contributed by atoms with van der Waals surface area (Å²) in [5, 5.41) is 16.2. The second-order valence-corrected chi connectivity index (χ2v) is 10.5. The summed E-state index contributed by atoms with van der Waals surface area (Å²) in [7, 11) is 0. The molecule has 1 heterocycles. The Morgan fingerprint density at radius 2 is 1.70 bits per heavy atom. The number of alkyl carbamates (subject to hydrolysis) is 1. The van der Waals surface area contributed by atoms with Crippen LogP contribution in [0.1, 0.15) is 64.0 Å². The number of amides is 1. The highest BCUT2D eigenvalue weighted by atomic mass is 16.7. The molecule has 196 valence electrons. The molecule has 2 N–H and O–H groups in total. The zero-order valence-corrected chi connectivity index (χ0v) is 21.4. The summed E-state index contributed by atoms with van der Waals surface area (Å²) >= 11 is 0. The van der Waals surface area contributed by atoms with Gasteiger partial charge in [0.1, 0.15) is 12.2 Å². The first-order valence-corrected chi connectivity index (χ1v) is 12.3. The molecule has 2 atom stereocenters. The Hall–Kier alpha value is -3.88. The summed E-state index contributed by atoms with van der Waals surface area (Å²) in [6, 6.07) is 15.3. The lowest BCUT2D eigenvalue weighted by atomic mass is 9.94. The van der Waals surface area contributed by atoms with E-state index in [1.807, 2.05) is 36.4 Å². The van der Waals surface area contributed by atoms with Gasteiger partial charge >= 0.3 is 18.0 Å². The van der Waals surface area contributed by atoms with E-state index in [2.05, 4.69) is 22.6 Å². The number of nitrogens with zero attached hydrogens (tertiary/aromatic N) is 1. The van der Waals surface area contributed by atoms with Crippen molar-refractivity contribution in [3.05, 3.63) is 59.7 Å². The molecule has 2 aromatic carbocycles. The zero-order chi connectivity index (χ0) is 26.8. The van der Waals surface area contributed by atoms with Crippen LogP contribution in [0, 0.1) is 0 Å². The van der Waals surface area contributed by atoms with Crippen molar-refractivity contribution in [3.63, 3.8) is 0 Å². The van der Waals surface area contributed by atoms with Crippen molar-refractivity contribution >= 4 is 23.7 Å².